The summed E-state index contributed by atoms with van der Waals surface area (Å²) in [7, 11) is 0. The molecular formula is C14H21NS. The van der Waals surface area contributed by atoms with Crippen LogP contribution in [-0.2, 0) is 0 Å². The fourth-order valence-electron chi connectivity index (χ4n) is 1.53. The van der Waals surface area contributed by atoms with Crippen molar-refractivity contribution in [1.29, 1.82) is 0 Å². The number of hydrogen-bond acceptors (Lipinski definition) is 2. The Morgan fingerprint density at radius 3 is 2.56 bits per heavy atom. The Morgan fingerprint density at radius 2 is 2.00 bits per heavy atom. The lowest BCUT2D eigenvalue weighted by Crippen LogP contribution is -1.96. The second-order valence-electron chi connectivity index (χ2n) is 3.78. The van der Waals surface area contributed by atoms with Gasteiger partial charge in [0.25, 0.3) is 0 Å². The van der Waals surface area contributed by atoms with Crippen LogP contribution in [0.15, 0.2) is 35.2 Å². The van der Waals surface area contributed by atoms with Crippen molar-refractivity contribution in [3.63, 3.8) is 0 Å². The van der Waals surface area contributed by atoms with Crippen molar-refractivity contribution in [2.75, 3.05) is 12.3 Å². The van der Waals surface area contributed by atoms with E-state index in [0.717, 1.165) is 25.1 Å². The smallest absolute Gasteiger partial charge is 0.00722 e. The second-order valence-corrected chi connectivity index (χ2v) is 5.11. The molecule has 1 nitrogen and oxygen atoms in total. The quantitative estimate of drug-likeness (QED) is 0.597. The Hall–Kier alpha value is -0.730. The summed E-state index contributed by atoms with van der Waals surface area (Å²) >= 11 is 1.88. The van der Waals surface area contributed by atoms with Crippen LogP contribution in [0.2, 0.25) is 0 Å². The van der Waals surface area contributed by atoms with Crippen LogP contribution in [0.5, 0.6) is 0 Å². The Kier molecular flexibility index (Phi) is 6.27. The van der Waals surface area contributed by atoms with Gasteiger partial charge >= 0.3 is 0 Å². The molecule has 0 amide bonds. The molecule has 2 N–H and O–H groups in total. The van der Waals surface area contributed by atoms with Crippen molar-refractivity contribution in [3.8, 4) is 0 Å². The molecule has 0 spiro atoms. The molecule has 0 radical (unpaired) electrons. The van der Waals surface area contributed by atoms with Gasteiger partial charge in [0.05, 0.1) is 0 Å². The maximum absolute atomic E-state index is 5.47. The minimum absolute atomic E-state index is 0.774. The van der Waals surface area contributed by atoms with Crippen molar-refractivity contribution in [2.45, 2.75) is 31.6 Å². The molecule has 16 heavy (non-hydrogen) atoms. The third-order valence-electron chi connectivity index (χ3n) is 2.48. The number of benzene rings is 1. The number of thioether (sulfide) groups is 1. The Balaban J connectivity index is 2.62. The van der Waals surface area contributed by atoms with Gasteiger partial charge in [0.1, 0.15) is 0 Å². The summed E-state index contributed by atoms with van der Waals surface area (Å²) < 4.78 is 0. The van der Waals surface area contributed by atoms with Gasteiger partial charge in [-0.25, -0.2) is 0 Å². The van der Waals surface area contributed by atoms with Crippen LogP contribution in [0.25, 0.3) is 5.57 Å². The van der Waals surface area contributed by atoms with E-state index in [-0.39, 0.29) is 0 Å². The van der Waals surface area contributed by atoms with E-state index in [4.69, 9.17) is 5.73 Å². The summed E-state index contributed by atoms with van der Waals surface area (Å²) in [5.74, 6) is 1.13. The minimum Gasteiger partial charge on any atom is -0.330 e. The molecule has 0 unspecified atom stereocenters. The zero-order chi connectivity index (χ0) is 11.8. The molecule has 0 heterocycles. The monoisotopic (exact) mass is 235 g/mol. The zero-order valence-corrected chi connectivity index (χ0v) is 11.0. The maximum atomic E-state index is 5.47. The van der Waals surface area contributed by atoms with Crippen molar-refractivity contribution in [1.82, 2.24) is 0 Å². The summed E-state index contributed by atoms with van der Waals surface area (Å²) in [6, 6.07) is 8.80. The van der Waals surface area contributed by atoms with Crippen LogP contribution in [0.4, 0.5) is 0 Å². The molecule has 0 atom stereocenters. The SMILES string of the molecule is CCSc1ccc(/C(C)=C/CCCN)cc1. The first kappa shape index (κ1) is 13.3. The molecule has 0 fully saturated rings. The standard InChI is InChI=1S/C14H21NS/c1-3-16-14-9-7-13(8-10-14)12(2)6-4-5-11-15/h6-10H,3-5,11,15H2,1-2H3/b12-6+. The van der Waals surface area contributed by atoms with E-state index in [2.05, 4.69) is 44.2 Å². The van der Waals surface area contributed by atoms with Gasteiger partial charge < -0.3 is 5.73 Å². The highest BCUT2D eigenvalue weighted by Crippen LogP contribution is 2.21. The van der Waals surface area contributed by atoms with Gasteiger partial charge in [-0.15, -0.1) is 11.8 Å². The molecule has 1 rings (SSSR count). The molecule has 0 saturated heterocycles. The van der Waals surface area contributed by atoms with E-state index in [1.54, 1.807) is 0 Å². The highest BCUT2D eigenvalue weighted by atomic mass is 32.2. The van der Waals surface area contributed by atoms with Gasteiger partial charge in [0.2, 0.25) is 0 Å². The van der Waals surface area contributed by atoms with Crippen molar-refractivity contribution >= 4 is 17.3 Å². The van der Waals surface area contributed by atoms with Gasteiger partial charge in [-0.2, -0.15) is 0 Å². The first-order valence-electron chi connectivity index (χ1n) is 5.88. The molecular weight excluding hydrogens is 214 g/mol. The van der Waals surface area contributed by atoms with E-state index < -0.39 is 0 Å². The molecule has 2 heteroatoms. The van der Waals surface area contributed by atoms with Crippen LogP contribution in [0, 0.1) is 0 Å². The van der Waals surface area contributed by atoms with Gasteiger partial charge in [-0.05, 0) is 55.3 Å². The molecule has 0 bridgehead atoms. The minimum atomic E-state index is 0.774. The predicted molar refractivity (Wildman–Crippen MR) is 74.8 cm³/mol. The first-order valence-corrected chi connectivity index (χ1v) is 6.86. The highest BCUT2D eigenvalue weighted by Gasteiger charge is 1.96. The topological polar surface area (TPSA) is 26.0 Å². The number of allylic oxidation sites excluding steroid dienone is 2. The predicted octanol–water partition coefficient (Wildman–Crippen LogP) is 3.94. The van der Waals surface area contributed by atoms with Gasteiger partial charge in [0, 0.05) is 4.90 Å². The third kappa shape index (κ3) is 4.42. The second kappa shape index (κ2) is 7.53. The Bertz CT molecular complexity index is 327. The van der Waals surface area contributed by atoms with Crippen LogP contribution in [-0.4, -0.2) is 12.3 Å². The van der Waals surface area contributed by atoms with Crippen LogP contribution >= 0.6 is 11.8 Å². The van der Waals surface area contributed by atoms with E-state index >= 15 is 0 Å². The van der Waals surface area contributed by atoms with Crippen molar-refractivity contribution in [2.24, 2.45) is 5.73 Å². The van der Waals surface area contributed by atoms with Crippen LogP contribution in [0.1, 0.15) is 32.3 Å². The first-order chi connectivity index (χ1) is 7.77. The lowest BCUT2D eigenvalue weighted by Gasteiger charge is -2.03. The fourth-order valence-corrected chi connectivity index (χ4v) is 2.20. The average molecular weight is 235 g/mol. The summed E-state index contributed by atoms with van der Waals surface area (Å²) in [6.07, 6.45) is 4.42. The van der Waals surface area contributed by atoms with Gasteiger partial charge in [-0.3, -0.25) is 0 Å². The molecule has 0 aliphatic carbocycles. The summed E-state index contributed by atoms with van der Waals surface area (Å²) in [4.78, 5) is 1.35. The highest BCUT2D eigenvalue weighted by molar-refractivity contribution is 7.99. The molecule has 88 valence electrons. The lowest BCUT2D eigenvalue weighted by atomic mass is 10.1. The molecule has 1 aromatic carbocycles. The number of hydrogen-bond donors (Lipinski definition) is 1. The molecule has 1 aromatic rings. The fraction of sp³-hybridized carbons (Fsp3) is 0.429. The van der Waals surface area contributed by atoms with Crippen LogP contribution < -0.4 is 5.73 Å². The number of nitrogens with two attached hydrogens (primary N) is 1. The van der Waals surface area contributed by atoms with Gasteiger partial charge in [-0.1, -0.05) is 25.1 Å². The largest absolute Gasteiger partial charge is 0.330 e. The molecule has 0 aromatic heterocycles. The van der Waals surface area contributed by atoms with Crippen molar-refractivity contribution in [3.05, 3.63) is 35.9 Å². The normalized spacial score (nSPS) is 11.8. The number of unbranched alkanes of at least 4 members (excludes halogenated alkanes) is 1. The number of rotatable bonds is 6. The lowest BCUT2D eigenvalue weighted by molar-refractivity contribution is 0.855. The molecule has 0 aliphatic heterocycles. The Labute approximate surface area is 103 Å². The van der Waals surface area contributed by atoms with Crippen LogP contribution in [0.3, 0.4) is 0 Å². The summed E-state index contributed by atoms with van der Waals surface area (Å²) in [5.41, 5.74) is 8.14. The molecule has 0 aliphatic rings. The van der Waals surface area contributed by atoms with Gasteiger partial charge in [0.15, 0.2) is 0 Å². The third-order valence-corrected chi connectivity index (χ3v) is 3.37. The van der Waals surface area contributed by atoms with E-state index in [1.807, 2.05) is 11.8 Å². The van der Waals surface area contributed by atoms with E-state index in [0.29, 0.717) is 0 Å². The summed E-state index contributed by atoms with van der Waals surface area (Å²) in [6.45, 7) is 5.12. The van der Waals surface area contributed by atoms with E-state index in [9.17, 15) is 0 Å². The van der Waals surface area contributed by atoms with E-state index in [1.165, 1.54) is 16.0 Å². The molecule has 0 saturated carbocycles. The summed E-state index contributed by atoms with van der Waals surface area (Å²) in [5, 5.41) is 0. The average Bonchev–Trinajstić information content (AvgIpc) is 2.30. The maximum Gasteiger partial charge on any atom is 0.00722 e. The zero-order valence-electron chi connectivity index (χ0n) is 10.2. The Morgan fingerprint density at radius 1 is 1.31 bits per heavy atom. The van der Waals surface area contributed by atoms with Crippen molar-refractivity contribution < 1.29 is 0 Å².